The van der Waals surface area contributed by atoms with Gasteiger partial charge in [0.25, 0.3) is 0 Å². The molecule has 0 aliphatic heterocycles. The first kappa shape index (κ1) is 15.6. The third-order valence-corrected chi connectivity index (χ3v) is 3.33. The van der Waals surface area contributed by atoms with Crippen molar-refractivity contribution < 1.29 is 4.79 Å². The summed E-state index contributed by atoms with van der Waals surface area (Å²) in [6, 6.07) is 0.524. The lowest BCUT2D eigenvalue weighted by atomic mass is 9.88. The minimum Gasteiger partial charge on any atom is -0.300 e. The highest BCUT2D eigenvalue weighted by Crippen LogP contribution is 2.20. The average Bonchev–Trinajstić information content (AvgIpc) is 2.16. The molecule has 0 aromatic carbocycles. The van der Waals surface area contributed by atoms with E-state index in [1.807, 2.05) is 13.8 Å². The Morgan fingerprint density at radius 3 is 2.19 bits per heavy atom. The Balaban J connectivity index is 4.28. The fraction of sp³-hybridized carbons (Fsp3) is 0.929. The zero-order valence-corrected chi connectivity index (χ0v) is 12.0. The van der Waals surface area contributed by atoms with Crippen molar-refractivity contribution >= 4 is 5.78 Å². The molecule has 0 aromatic rings. The zero-order valence-electron chi connectivity index (χ0n) is 12.0. The van der Waals surface area contributed by atoms with Crippen molar-refractivity contribution in [1.82, 2.24) is 4.90 Å². The van der Waals surface area contributed by atoms with Gasteiger partial charge in [-0.15, -0.1) is 0 Å². The summed E-state index contributed by atoms with van der Waals surface area (Å²) in [4.78, 5) is 14.0. The molecule has 0 saturated carbocycles. The minimum absolute atomic E-state index is 0.212. The Labute approximate surface area is 101 Å². The molecule has 96 valence electrons. The van der Waals surface area contributed by atoms with Crippen molar-refractivity contribution in [1.29, 1.82) is 0 Å². The third-order valence-electron chi connectivity index (χ3n) is 3.33. The Kier molecular flexibility index (Phi) is 6.89. The number of unbranched alkanes of at least 4 members (excludes halogenated alkanes) is 2. The standard InChI is InChI=1S/C14H29NO/c1-7-8-9-10-15(12(2)3)11-14(5,6)13(4)16/h12H,7-11H2,1-6H3. The van der Waals surface area contributed by atoms with E-state index in [1.54, 1.807) is 6.92 Å². The van der Waals surface area contributed by atoms with E-state index in [1.165, 1.54) is 19.3 Å². The van der Waals surface area contributed by atoms with Crippen LogP contribution in [0.25, 0.3) is 0 Å². The molecule has 0 saturated heterocycles. The number of carbonyl (C=O) groups excluding carboxylic acids is 1. The number of ketones is 1. The van der Waals surface area contributed by atoms with Crippen LogP contribution < -0.4 is 0 Å². The van der Waals surface area contributed by atoms with E-state index in [0.717, 1.165) is 13.1 Å². The summed E-state index contributed by atoms with van der Waals surface area (Å²) in [5.41, 5.74) is -0.212. The average molecular weight is 227 g/mol. The third kappa shape index (κ3) is 5.64. The van der Waals surface area contributed by atoms with Gasteiger partial charge in [0.15, 0.2) is 0 Å². The number of hydrogen-bond acceptors (Lipinski definition) is 2. The van der Waals surface area contributed by atoms with Crippen LogP contribution in [0.4, 0.5) is 0 Å². The minimum atomic E-state index is -0.212. The molecule has 0 unspecified atom stereocenters. The monoisotopic (exact) mass is 227 g/mol. The highest BCUT2D eigenvalue weighted by molar-refractivity contribution is 5.81. The maximum absolute atomic E-state index is 11.5. The van der Waals surface area contributed by atoms with Gasteiger partial charge >= 0.3 is 0 Å². The second-order valence-corrected chi connectivity index (χ2v) is 5.71. The van der Waals surface area contributed by atoms with Crippen LogP contribution in [-0.2, 0) is 4.79 Å². The van der Waals surface area contributed by atoms with Crippen LogP contribution >= 0.6 is 0 Å². The molecular weight excluding hydrogens is 198 g/mol. The molecule has 2 nitrogen and oxygen atoms in total. The molecule has 0 amide bonds. The molecule has 2 heteroatoms. The van der Waals surface area contributed by atoms with Gasteiger partial charge in [-0.1, -0.05) is 33.6 Å². The summed E-state index contributed by atoms with van der Waals surface area (Å²) < 4.78 is 0. The van der Waals surface area contributed by atoms with Crippen LogP contribution in [0.3, 0.4) is 0 Å². The van der Waals surface area contributed by atoms with Crippen molar-refractivity contribution in [2.75, 3.05) is 13.1 Å². The molecular formula is C14H29NO. The molecule has 0 bridgehead atoms. The first-order chi connectivity index (χ1) is 7.31. The van der Waals surface area contributed by atoms with Crippen molar-refractivity contribution in [3.05, 3.63) is 0 Å². The number of rotatable bonds is 8. The van der Waals surface area contributed by atoms with Gasteiger partial charge in [-0.3, -0.25) is 9.69 Å². The van der Waals surface area contributed by atoms with Gasteiger partial charge < -0.3 is 0 Å². The fourth-order valence-corrected chi connectivity index (χ4v) is 1.70. The van der Waals surface area contributed by atoms with Crippen molar-refractivity contribution in [2.24, 2.45) is 5.41 Å². The maximum atomic E-state index is 11.5. The van der Waals surface area contributed by atoms with Crippen LogP contribution in [0.1, 0.15) is 60.8 Å². The quantitative estimate of drug-likeness (QED) is 0.591. The topological polar surface area (TPSA) is 20.3 Å². The van der Waals surface area contributed by atoms with Gasteiger partial charge in [-0.2, -0.15) is 0 Å². The lowest BCUT2D eigenvalue weighted by molar-refractivity contribution is -0.126. The van der Waals surface area contributed by atoms with Crippen LogP contribution in [-0.4, -0.2) is 29.8 Å². The molecule has 0 spiro atoms. The van der Waals surface area contributed by atoms with Gasteiger partial charge in [0.05, 0.1) is 0 Å². The molecule has 0 atom stereocenters. The van der Waals surface area contributed by atoms with E-state index in [0.29, 0.717) is 6.04 Å². The predicted octanol–water partition coefficient (Wildman–Crippen LogP) is 3.50. The van der Waals surface area contributed by atoms with E-state index in [2.05, 4.69) is 25.7 Å². The highest BCUT2D eigenvalue weighted by Gasteiger charge is 2.27. The number of Topliss-reactive ketones (excluding diaryl/α,β-unsaturated/α-hetero) is 1. The Hall–Kier alpha value is -0.370. The summed E-state index contributed by atoms with van der Waals surface area (Å²) in [6.45, 7) is 14.4. The number of carbonyl (C=O) groups is 1. The van der Waals surface area contributed by atoms with Gasteiger partial charge in [-0.25, -0.2) is 0 Å². The van der Waals surface area contributed by atoms with E-state index < -0.39 is 0 Å². The smallest absolute Gasteiger partial charge is 0.136 e. The molecule has 0 radical (unpaired) electrons. The highest BCUT2D eigenvalue weighted by atomic mass is 16.1. The van der Waals surface area contributed by atoms with E-state index in [-0.39, 0.29) is 11.2 Å². The fourth-order valence-electron chi connectivity index (χ4n) is 1.70. The molecule has 0 aromatic heterocycles. The number of hydrogen-bond donors (Lipinski definition) is 0. The van der Waals surface area contributed by atoms with Crippen molar-refractivity contribution in [3.8, 4) is 0 Å². The first-order valence-electron chi connectivity index (χ1n) is 6.56. The number of nitrogens with zero attached hydrogens (tertiary/aromatic N) is 1. The maximum Gasteiger partial charge on any atom is 0.136 e. The molecule has 0 aliphatic carbocycles. The van der Waals surface area contributed by atoms with E-state index >= 15 is 0 Å². The lowest BCUT2D eigenvalue weighted by Crippen LogP contribution is -2.42. The summed E-state index contributed by atoms with van der Waals surface area (Å²) in [5.74, 6) is 0.286. The van der Waals surface area contributed by atoms with Gasteiger partial charge in [0, 0.05) is 18.0 Å². The van der Waals surface area contributed by atoms with Crippen molar-refractivity contribution in [3.63, 3.8) is 0 Å². The molecule has 16 heavy (non-hydrogen) atoms. The molecule has 0 rings (SSSR count). The molecule has 0 heterocycles. The molecule has 0 fully saturated rings. The Morgan fingerprint density at radius 2 is 1.81 bits per heavy atom. The largest absolute Gasteiger partial charge is 0.300 e. The summed E-state index contributed by atoms with van der Waals surface area (Å²) in [7, 11) is 0. The van der Waals surface area contributed by atoms with Crippen LogP contribution in [0, 0.1) is 5.41 Å². The van der Waals surface area contributed by atoms with Crippen LogP contribution in [0.2, 0.25) is 0 Å². The lowest BCUT2D eigenvalue weighted by Gasteiger charge is -2.33. The van der Waals surface area contributed by atoms with Gasteiger partial charge in [-0.05, 0) is 33.7 Å². The van der Waals surface area contributed by atoms with Crippen LogP contribution in [0.5, 0.6) is 0 Å². The van der Waals surface area contributed by atoms with Crippen molar-refractivity contribution in [2.45, 2.75) is 66.8 Å². The summed E-state index contributed by atoms with van der Waals surface area (Å²) in [6.07, 6.45) is 3.77. The molecule has 0 aliphatic rings. The second-order valence-electron chi connectivity index (χ2n) is 5.71. The Bertz CT molecular complexity index is 209. The van der Waals surface area contributed by atoms with E-state index in [9.17, 15) is 4.79 Å². The van der Waals surface area contributed by atoms with Crippen LogP contribution in [0.15, 0.2) is 0 Å². The Morgan fingerprint density at radius 1 is 1.25 bits per heavy atom. The van der Waals surface area contributed by atoms with Gasteiger partial charge in [0.2, 0.25) is 0 Å². The zero-order chi connectivity index (χ0) is 12.8. The predicted molar refractivity (Wildman–Crippen MR) is 70.7 cm³/mol. The summed E-state index contributed by atoms with van der Waals surface area (Å²) in [5, 5.41) is 0. The molecule has 0 N–H and O–H groups in total. The van der Waals surface area contributed by atoms with Gasteiger partial charge in [0.1, 0.15) is 5.78 Å². The second kappa shape index (κ2) is 7.05. The van der Waals surface area contributed by atoms with E-state index in [4.69, 9.17) is 0 Å². The SMILES string of the molecule is CCCCCN(CC(C)(C)C(C)=O)C(C)C. The first-order valence-corrected chi connectivity index (χ1v) is 6.56. The normalized spacial score (nSPS) is 12.5. The summed E-state index contributed by atoms with van der Waals surface area (Å²) >= 11 is 0.